The molecule has 0 spiro atoms. The lowest BCUT2D eigenvalue weighted by Crippen LogP contribution is -2.54. The largest absolute Gasteiger partial charge is 0.368 e. The Bertz CT molecular complexity index is 265. The summed E-state index contributed by atoms with van der Waals surface area (Å²) in [6.45, 7) is 4.42. The summed E-state index contributed by atoms with van der Waals surface area (Å²) in [5.74, 6) is -1.91. The maximum Gasteiger partial charge on any atom is 0.242 e. The van der Waals surface area contributed by atoms with Gasteiger partial charge in [-0.3, -0.25) is 9.59 Å². The van der Waals surface area contributed by atoms with Crippen LogP contribution in [-0.2, 0) is 9.59 Å². The van der Waals surface area contributed by atoms with Gasteiger partial charge >= 0.3 is 0 Å². The van der Waals surface area contributed by atoms with Gasteiger partial charge in [0.15, 0.2) is 0 Å². The third kappa shape index (κ3) is 3.11. The van der Waals surface area contributed by atoms with Crippen molar-refractivity contribution < 1.29 is 9.59 Å². The third-order valence-electron chi connectivity index (χ3n) is 1.64. The first-order valence-electron chi connectivity index (χ1n) is 3.83. The Hall–Kier alpha value is -1.57. The molecular weight excluding hydrogens is 170 g/mol. The van der Waals surface area contributed by atoms with Gasteiger partial charge < -0.3 is 11.1 Å². The monoisotopic (exact) mass is 183 g/mol. The lowest BCUT2D eigenvalue weighted by atomic mass is 10.0. The first kappa shape index (κ1) is 11.4. The van der Waals surface area contributed by atoms with Crippen molar-refractivity contribution in [3.8, 4) is 6.07 Å². The van der Waals surface area contributed by atoms with Crippen LogP contribution in [0.25, 0.3) is 0 Å². The molecule has 0 aliphatic carbocycles. The Morgan fingerprint density at radius 3 is 2.31 bits per heavy atom. The van der Waals surface area contributed by atoms with Gasteiger partial charge in [-0.2, -0.15) is 5.26 Å². The molecule has 0 rings (SSSR count). The molecule has 0 aromatic heterocycles. The summed E-state index contributed by atoms with van der Waals surface area (Å²) in [5.41, 5.74) is 3.91. The Kier molecular flexibility index (Phi) is 3.43. The number of nitrogens with one attached hydrogen (secondary N) is 1. The molecule has 1 atom stereocenters. The van der Waals surface area contributed by atoms with Crippen LogP contribution in [-0.4, -0.2) is 17.4 Å². The summed E-state index contributed by atoms with van der Waals surface area (Å²) >= 11 is 0. The normalized spacial score (nSPS) is 12.8. The fourth-order valence-corrected chi connectivity index (χ4v) is 0.536. The van der Waals surface area contributed by atoms with Gasteiger partial charge in [-0.05, 0) is 20.8 Å². The Morgan fingerprint density at radius 2 is 2.00 bits per heavy atom. The van der Waals surface area contributed by atoms with Crippen molar-refractivity contribution in [2.24, 2.45) is 11.7 Å². The predicted molar refractivity (Wildman–Crippen MR) is 46.2 cm³/mol. The van der Waals surface area contributed by atoms with E-state index in [9.17, 15) is 9.59 Å². The molecule has 1 unspecified atom stereocenters. The van der Waals surface area contributed by atoms with Gasteiger partial charge in [-0.1, -0.05) is 0 Å². The van der Waals surface area contributed by atoms with E-state index in [1.807, 2.05) is 0 Å². The van der Waals surface area contributed by atoms with Crippen LogP contribution < -0.4 is 11.1 Å². The van der Waals surface area contributed by atoms with Crippen LogP contribution in [0.1, 0.15) is 20.8 Å². The lowest BCUT2D eigenvalue weighted by molar-refractivity contribution is -0.131. The van der Waals surface area contributed by atoms with E-state index in [1.54, 1.807) is 6.07 Å². The van der Waals surface area contributed by atoms with Gasteiger partial charge in [0.2, 0.25) is 11.8 Å². The van der Waals surface area contributed by atoms with E-state index in [1.165, 1.54) is 20.8 Å². The highest BCUT2D eigenvalue weighted by molar-refractivity contribution is 5.90. The Balaban J connectivity index is 4.39. The number of amides is 2. The number of hydrogen-bond donors (Lipinski definition) is 2. The van der Waals surface area contributed by atoms with Gasteiger partial charge in [0.05, 0.1) is 6.07 Å². The highest BCUT2D eigenvalue weighted by Gasteiger charge is 2.28. The quantitative estimate of drug-likeness (QED) is 0.618. The van der Waals surface area contributed by atoms with Crippen LogP contribution in [0, 0.1) is 17.2 Å². The summed E-state index contributed by atoms with van der Waals surface area (Å²) in [7, 11) is 0. The molecule has 0 aromatic rings. The zero-order chi connectivity index (χ0) is 10.6. The van der Waals surface area contributed by atoms with Crippen molar-refractivity contribution >= 4 is 11.8 Å². The maximum atomic E-state index is 11.2. The average Bonchev–Trinajstić information content (AvgIpc) is 2.01. The molecule has 13 heavy (non-hydrogen) atoms. The van der Waals surface area contributed by atoms with E-state index in [0.29, 0.717) is 0 Å². The fourth-order valence-electron chi connectivity index (χ4n) is 0.536. The Morgan fingerprint density at radius 1 is 1.54 bits per heavy atom. The highest BCUT2D eigenvalue weighted by atomic mass is 16.2. The smallest absolute Gasteiger partial charge is 0.242 e. The zero-order valence-corrected chi connectivity index (χ0v) is 7.92. The van der Waals surface area contributed by atoms with Crippen LogP contribution >= 0.6 is 0 Å². The molecule has 0 saturated heterocycles. The van der Waals surface area contributed by atoms with Crippen molar-refractivity contribution in [2.75, 3.05) is 0 Å². The molecule has 0 heterocycles. The number of nitrogens with zero attached hydrogens (tertiary/aromatic N) is 1. The number of carbonyl (C=O) groups excluding carboxylic acids is 2. The number of hydrogen-bond acceptors (Lipinski definition) is 3. The Labute approximate surface area is 76.9 Å². The molecule has 0 aliphatic heterocycles. The summed E-state index contributed by atoms with van der Waals surface area (Å²) < 4.78 is 0. The van der Waals surface area contributed by atoms with Crippen LogP contribution in [0.4, 0.5) is 0 Å². The van der Waals surface area contributed by atoms with Crippen LogP contribution in [0.2, 0.25) is 0 Å². The van der Waals surface area contributed by atoms with Crippen molar-refractivity contribution in [2.45, 2.75) is 26.3 Å². The van der Waals surface area contributed by atoms with Gasteiger partial charge in [-0.15, -0.1) is 0 Å². The number of carbonyl (C=O) groups is 2. The maximum absolute atomic E-state index is 11.2. The van der Waals surface area contributed by atoms with Gasteiger partial charge in [0.1, 0.15) is 11.5 Å². The second-order valence-corrected chi connectivity index (χ2v) is 3.33. The summed E-state index contributed by atoms with van der Waals surface area (Å²) in [4.78, 5) is 21.9. The molecule has 0 bridgehead atoms. The van der Waals surface area contributed by atoms with Crippen molar-refractivity contribution in [1.29, 1.82) is 5.26 Å². The molecule has 3 N–H and O–H groups in total. The van der Waals surface area contributed by atoms with Crippen LogP contribution in [0.3, 0.4) is 0 Å². The SMILES string of the molecule is CC(C#N)C(=O)NC(C)(C)C(N)=O. The molecular formula is C8H13N3O2. The van der Waals surface area contributed by atoms with Crippen LogP contribution in [0.5, 0.6) is 0 Å². The average molecular weight is 183 g/mol. The van der Waals surface area contributed by atoms with Gasteiger partial charge in [0, 0.05) is 0 Å². The fraction of sp³-hybridized carbons (Fsp3) is 0.625. The zero-order valence-electron chi connectivity index (χ0n) is 7.92. The minimum absolute atomic E-state index is 0.494. The molecule has 0 fully saturated rings. The molecule has 0 aliphatic rings. The van der Waals surface area contributed by atoms with Crippen molar-refractivity contribution in [1.82, 2.24) is 5.32 Å². The number of nitriles is 1. The van der Waals surface area contributed by atoms with E-state index in [4.69, 9.17) is 11.0 Å². The topological polar surface area (TPSA) is 96.0 Å². The van der Waals surface area contributed by atoms with Crippen molar-refractivity contribution in [3.63, 3.8) is 0 Å². The molecule has 0 aromatic carbocycles. The second kappa shape index (κ2) is 3.90. The molecule has 2 amide bonds. The van der Waals surface area contributed by atoms with E-state index in [-0.39, 0.29) is 0 Å². The first-order valence-corrected chi connectivity index (χ1v) is 3.83. The van der Waals surface area contributed by atoms with Gasteiger partial charge in [0.25, 0.3) is 0 Å². The standard InChI is InChI=1S/C8H13N3O2/c1-5(4-9)6(12)11-8(2,3)7(10)13/h5H,1-3H3,(H2,10,13)(H,11,12). The second-order valence-electron chi connectivity index (χ2n) is 3.33. The third-order valence-corrected chi connectivity index (χ3v) is 1.64. The minimum atomic E-state index is -1.11. The molecule has 0 radical (unpaired) electrons. The number of nitrogens with two attached hydrogens (primary N) is 1. The summed E-state index contributed by atoms with van der Waals surface area (Å²) in [5, 5.41) is 10.8. The lowest BCUT2D eigenvalue weighted by Gasteiger charge is -2.22. The predicted octanol–water partition coefficient (Wildman–Crippen LogP) is -0.474. The molecule has 5 nitrogen and oxygen atoms in total. The van der Waals surface area contributed by atoms with E-state index < -0.39 is 23.3 Å². The molecule has 72 valence electrons. The minimum Gasteiger partial charge on any atom is -0.368 e. The number of rotatable bonds is 3. The summed E-state index contributed by atoms with van der Waals surface area (Å²) in [6.07, 6.45) is 0. The van der Waals surface area contributed by atoms with Gasteiger partial charge in [-0.25, -0.2) is 0 Å². The summed E-state index contributed by atoms with van der Waals surface area (Å²) in [6, 6.07) is 1.76. The number of primary amides is 1. The van der Waals surface area contributed by atoms with Crippen LogP contribution in [0.15, 0.2) is 0 Å². The van der Waals surface area contributed by atoms with E-state index >= 15 is 0 Å². The van der Waals surface area contributed by atoms with E-state index in [0.717, 1.165) is 0 Å². The van der Waals surface area contributed by atoms with Crippen molar-refractivity contribution in [3.05, 3.63) is 0 Å². The van der Waals surface area contributed by atoms with E-state index in [2.05, 4.69) is 5.32 Å². The highest BCUT2D eigenvalue weighted by Crippen LogP contribution is 2.02. The first-order chi connectivity index (χ1) is 5.81. The molecule has 0 saturated carbocycles. The molecule has 5 heteroatoms.